The normalized spacial score (nSPS) is 20.0. The quantitative estimate of drug-likeness (QED) is 0.845. The Bertz CT molecular complexity index is 703. The number of hydrogen-bond acceptors (Lipinski definition) is 2. The largest absolute Gasteiger partial charge is 0.355 e. The Morgan fingerprint density at radius 1 is 1.12 bits per heavy atom. The third kappa shape index (κ3) is 4.29. The van der Waals surface area contributed by atoms with Crippen molar-refractivity contribution in [2.45, 2.75) is 26.7 Å². The summed E-state index contributed by atoms with van der Waals surface area (Å²) in [6.45, 7) is 6.66. The monoisotopic (exact) mass is 336 g/mol. The maximum Gasteiger partial charge on any atom is 0.227 e. The van der Waals surface area contributed by atoms with Crippen molar-refractivity contribution in [3.8, 4) is 11.1 Å². The second-order valence-electron chi connectivity index (χ2n) is 7.55. The zero-order chi connectivity index (χ0) is 17.7. The van der Waals surface area contributed by atoms with E-state index in [0.717, 1.165) is 32.5 Å². The molecule has 2 aromatic rings. The molecule has 0 aromatic heterocycles. The van der Waals surface area contributed by atoms with Crippen molar-refractivity contribution in [3.63, 3.8) is 0 Å². The summed E-state index contributed by atoms with van der Waals surface area (Å²) in [5.41, 5.74) is 3.32. The molecule has 1 aliphatic rings. The minimum Gasteiger partial charge on any atom is -0.355 e. The van der Waals surface area contributed by atoms with E-state index in [2.05, 4.69) is 73.0 Å². The van der Waals surface area contributed by atoms with E-state index >= 15 is 0 Å². The smallest absolute Gasteiger partial charge is 0.227 e. The van der Waals surface area contributed by atoms with Crippen LogP contribution in [0.25, 0.3) is 11.1 Å². The Balaban J connectivity index is 1.80. The first-order valence-corrected chi connectivity index (χ1v) is 9.22. The van der Waals surface area contributed by atoms with Crippen LogP contribution in [-0.2, 0) is 11.2 Å². The third-order valence-electron chi connectivity index (χ3n) is 4.97. The van der Waals surface area contributed by atoms with E-state index in [1.54, 1.807) is 0 Å². The van der Waals surface area contributed by atoms with Gasteiger partial charge in [-0.25, -0.2) is 0 Å². The highest BCUT2D eigenvalue weighted by Gasteiger charge is 2.41. The van der Waals surface area contributed by atoms with Crippen LogP contribution in [0.2, 0.25) is 0 Å². The SMILES string of the molecule is CC(C)CNC(=O)[C@]1(Cc2cccc(-c3ccccc3)c2)CCNC1. The summed E-state index contributed by atoms with van der Waals surface area (Å²) in [4.78, 5) is 12.9. The molecule has 1 heterocycles. The summed E-state index contributed by atoms with van der Waals surface area (Å²) in [5.74, 6) is 0.660. The molecule has 0 saturated carbocycles. The van der Waals surface area contributed by atoms with Crippen LogP contribution in [0, 0.1) is 11.3 Å². The number of nitrogens with one attached hydrogen (secondary N) is 2. The second-order valence-corrected chi connectivity index (χ2v) is 7.55. The fourth-order valence-corrected chi connectivity index (χ4v) is 3.54. The fraction of sp³-hybridized carbons (Fsp3) is 0.409. The number of benzene rings is 2. The summed E-state index contributed by atoms with van der Waals surface area (Å²) in [5, 5.41) is 6.54. The molecule has 1 amide bonds. The highest BCUT2D eigenvalue weighted by atomic mass is 16.2. The van der Waals surface area contributed by atoms with Crippen LogP contribution in [0.1, 0.15) is 25.8 Å². The zero-order valence-electron chi connectivity index (χ0n) is 15.2. The lowest BCUT2D eigenvalue weighted by Crippen LogP contribution is -2.45. The molecule has 1 saturated heterocycles. The van der Waals surface area contributed by atoms with Crippen molar-refractivity contribution in [1.29, 1.82) is 0 Å². The maximum absolute atomic E-state index is 12.9. The molecule has 0 aliphatic carbocycles. The molecule has 25 heavy (non-hydrogen) atoms. The second kappa shape index (κ2) is 7.83. The highest BCUT2D eigenvalue weighted by molar-refractivity contribution is 5.83. The van der Waals surface area contributed by atoms with E-state index in [9.17, 15) is 4.79 Å². The number of carbonyl (C=O) groups is 1. The van der Waals surface area contributed by atoms with E-state index in [0.29, 0.717) is 5.92 Å². The van der Waals surface area contributed by atoms with Gasteiger partial charge in [0.2, 0.25) is 5.91 Å². The van der Waals surface area contributed by atoms with Gasteiger partial charge in [0, 0.05) is 13.1 Å². The molecule has 0 bridgehead atoms. The summed E-state index contributed by atoms with van der Waals surface area (Å²) in [6, 6.07) is 19.0. The lowest BCUT2D eigenvalue weighted by molar-refractivity contribution is -0.130. The van der Waals surface area contributed by atoms with E-state index < -0.39 is 0 Å². The number of carbonyl (C=O) groups excluding carboxylic acids is 1. The average molecular weight is 336 g/mol. The van der Waals surface area contributed by atoms with Crippen LogP contribution in [0.3, 0.4) is 0 Å². The minimum atomic E-state index is -0.329. The maximum atomic E-state index is 12.9. The lowest BCUT2D eigenvalue weighted by Gasteiger charge is -2.28. The summed E-state index contributed by atoms with van der Waals surface area (Å²) < 4.78 is 0. The molecule has 132 valence electrons. The van der Waals surface area contributed by atoms with Crippen molar-refractivity contribution in [2.75, 3.05) is 19.6 Å². The van der Waals surface area contributed by atoms with E-state index in [1.165, 1.54) is 16.7 Å². The van der Waals surface area contributed by atoms with Gasteiger partial charge < -0.3 is 10.6 Å². The first-order valence-electron chi connectivity index (χ1n) is 9.22. The van der Waals surface area contributed by atoms with Gasteiger partial charge >= 0.3 is 0 Å². The van der Waals surface area contributed by atoms with Gasteiger partial charge in [-0.1, -0.05) is 68.4 Å². The number of amides is 1. The van der Waals surface area contributed by atoms with Gasteiger partial charge in [-0.05, 0) is 42.0 Å². The Hall–Kier alpha value is -2.13. The van der Waals surface area contributed by atoms with Crippen LogP contribution in [-0.4, -0.2) is 25.5 Å². The van der Waals surface area contributed by atoms with Gasteiger partial charge in [0.25, 0.3) is 0 Å². The fourth-order valence-electron chi connectivity index (χ4n) is 3.54. The van der Waals surface area contributed by atoms with Crippen LogP contribution in [0.4, 0.5) is 0 Å². The molecule has 2 N–H and O–H groups in total. The Kier molecular flexibility index (Phi) is 5.54. The average Bonchev–Trinajstić information content (AvgIpc) is 3.10. The van der Waals surface area contributed by atoms with Gasteiger partial charge in [-0.2, -0.15) is 0 Å². The Morgan fingerprint density at radius 3 is 2.56 bits per heavy atom. The van der Waals surface area contributed by atoms with E-state index in [1.807, 2.05) is 6.07 Å². The molecule has 1 atom stereocenters. The van der Waals surface area contributed by atoms with E-state index in [4.69, 9.17) is 0 Å². The number of hydrogen-bond donors (Lipinski definition) is 2. The summed E-state index contributed by atoms with van der Waals surface area (Å²) >= 11 is 0. The van der Waals surface area contributed by atoms with E-state index in [-0.39, 0.29) is 11.3 Å². The molecule has 1 aliphatic heterocycles. The van der Waals surface area contributed by atoms with Gasteiger partial charge in [0.15, 0.2) is 0 Å². The van der Waals surface area contributed by atoms with Gasteiger partial charge in [-0.15, -0.1) is 0 Å². The molecule has 3 heteroatoms. The van der Waals surface area contributed by atoms with Gasteiger partial charge in [0.1, 0.15) is 0 Å². The Labute approximate surface area is 150 Å². The standard InChI is InChI=1S/C22H28N2O/c1-17(2)15-24-21(25)22(11-12-23-16-22)14-18-7-6-10-20(13-18)19-8-4-3-5-9-19/h3-10,13,17,23H,11-12,14-16H2,1-2H3,(H,24,25)/t22-/m0/s1. The molecule has 3 nitrogen and oxygen atoms in total. The molecule has 3 rings (SSSR count). The highest BCUT2D eigenvalue weighted by Crippen LogP contribution is 2.32. The first kappa shape index (κ1) is 17.7. The zero-order valence-corrected chi connectivity index (χ0v) is 15.2. The predicted octanol–water partition coefficient (Wildman–Crippen LogP) is 3.65. The van der Waals surface area contributed by atoms with Crippen LogP contribution in [0.15, 0.2) is 54.6 Å². The van der Waals surface area contributed by atoms with Gasteiger partial charge in [0.05, 0.1) is 5.41 Å². The van der Waals surface area contributed by atoms with Gasteiger partial charge in [-0.3, -0.25) is 4.79 Å². The predicted molar refractivity (Wildman–Crippen MR) is 103 cm³/mol. The van der Waals surface area contributed by atoms with Crippen LogP contribution in [0.5, 0.6) is 0 Å². The molecule has 0 unspecified atom stereocenters. The minimum absolute atomic E-state index is 0.191. The molecule has 1 fully saturated rings. The molecule has 0 radical (unpaired) electrons. The number of rotatable bonds is 6. The van der Waals surface area contributed by atoms with Crippen molar-refractivity contribution < 1.29 is 4.79 Å². The topological polar surface area (TPSA) is 41.1 Å². The van der Waals surface area contributed by atoms with Crippen molar-refractivity contribution >= 4 is 5.91 Å². The summed E-state index contributed by atoms with van der Waals surface area (Å²) in [6.07, 6.45) is 1.68. The Morgan fingerprint density at radius 2 is 1.88 bits per heavy atom. The van der Waals surface area contributed by atoms with Crippen molar-refractivity contribution in [2.24, 2.45) is 11.3 Å². The van der Waals surface area contributed by atoms with Crippen molar-refractivity contribution in [1.82, 2.24) is 10.6 Å². The van der Waals surface area contributed by atoms with Crippen LogP contribution < -0.4 is 10.6 Å². The molecule has 2 aromatic carbocycles. The first-order chi connectivity index (χ1) is 12.1. The van der Waals surface area contributed by atoms with Crippen LogP contribution >= 0.6 is 0 Å². The summed E-state index contributed by atoms with van der Waals surface area (Å²) in [7, 11) is 0. The lowest BCUT2D eigenvalue weighted by atomic mass is 9.79. The third-order valence-corrected chi connectivity index (χ3v) is 4.97. The molecular formula is C22H28N2O. The molecular weight excluding hydrogens is 308 g/mol. The molecule has 0 spiro atoms. The van der Waals surface area contributed by atoms with Crippen molar-refractivity contribution in [3.05, 3.63) is 60.2 Å².